The molecule has 9 heteroatoms. The number of hydrogen-bond donors (Lipinski definition) is 2. The molecular formula is C26H35ClN6OS. The molecule has 3 heterocycles. The van der Waals surface area contributed by atoms with Crippen LogP contribution in [0.2, 0.25) is 5.02 Å². The molecule has 1 saturated heterocycles. The van der Waals surface area contributed by atoms with Crippen molar-refractivity contribution in [3.05, 3.63) is 50.9 Å². The van der Waals surface area contributed by atoms with Crippen molar-refractivity contribution < 1.29 is 4.74 Å². The minimum absolute atomic E-state index is 0.338. The minimum Gasteiger partial charge on any atom is -0.379 e. The fourth-order valence-corrected chi connectivity index (χ4v) is 6.00. The van der Waals surface area contributed by atoms with E-state index >= 15 is 0 Å². The quantitative estimate of drug-likeness (QED) is 0.415. The first kappa shape index (κ1) is 26.0. The van der Waals surface area contributed by atoms with E-state index in [0.29, 0.717) is 23.2 Å². The summed E-state index contributed by atoms with van der Waals surface area (Å²) in [5.74, 6) is 0.689. The average Bonchev–Trinajstić information content (AvgIpc) is 3.04. The van der Waals surface area contributed by atoms with Gasteiger partial charge in [0.05, 0.1) is 18.9 Å². The summed E-state index contributed by atoms with van der Waals surface area (Å²) in [4.78, 5) is 12.9. The van der Waals surface area contributed by atoms with E-state index < -0.39 is 0 Å². The molecule has 1 aromatic carbocycles. The van der Waals surface area contributed by atoms with Gasteiger partial charge < -0.3 is 9.64 Å². The Morgan fingerprint density at radius 3 is 2.57 bits per heavy atom. The molecule has 2 aliphatic rings. The van der Waals surface area contributed by atoms with Crippen molar-refractivity contribution in [3.63, 3.8) is 0 Å². The number of aryl methyl sites for hydroxylation is 1. The first-order chi connectivity index (χ1) is 16.8. The number of halogens is 1. The van der Waals surface area contributed by atoms with Crippen molar-refractivity contribution in [2.75, 3.05) is 57.9 Å². The van der Waals surface area contributed by atoms with Crippen molar-refractivity contribution >= 4 is 45.3 Å². The number of likely N-dealkylation sites (N-methyl/N-ethyl adjacent to an activating group) is 1. The molecule has 2 aliphatic heterocycles. The molecule has 4 rings (SSSR count). The van der Waals surface area contributed by atoms with E-state index in [1.165, 1.54) is 4.88 Å². The lowest BCUT2D eigenvalue weighted by Crippen LogP contribution is -2.45. The molecule has 0 radical (unpaired) electrons. The molecule has 1 aromatic heterocycles. The summed E-state index contributed by atoms with van der Waals surface area (Å²) in [7, 11) is 2.10. The van der Waals surface area contributed by atoms with Crippen molar-refractivity contribution in [1.29, 1.82) is 10.8 Å². The van der Waals surface area contributed by atoms with E-state index in [-0.39, 0.29) is 6.04 Å². The number of morpholine rings is 1. The highest BCUT2D eigenvalue weighted by molar-refractivity contribution is 7.17. The summed E-state index contributed by atoms with van der Waals surface area (Å²) in [6.07, 6.45) is 1.06. The second-order valence-corrected chi connectivity index (χ2v) is 11.0. The zero-order valence-corrected chi connectivity index (χ0v) is 22.6. The van der Waals surface area contributed by atoms with Crippen LogP contribution in [0.15, 0.2) is 29.3 Å². The van der Waals surface area contributed by atoms with Gasteiger partial charge in [-0.1, -0.05) is 23.7 Å². The zero-order chi connectivity index (χ0) is 25.1. The number of fused-ring (bicyclic) bond motifs is 1. The Hall–Kier alpha value is -2.10. The average molecular weight is 515 g/mol. The number of benzene rings is 1. The van der Waals surface area contributed by atoms with Gasteiger partial charge in [-0.3, -0.25) is 25.6 Å². The molecule has 2 aromatic rings. The Morgan fingerprint density at radius 2 is 1.91 bits per heavy atom. The van der Waals surface area contributed by atoms with Crippen LogP contribution in [0.25, 0.3) is 0 Å². The third kappa shape index (κ3) is 5.84. The van der Waals surface area contributed by atoms with Gasteiger partial charge >= 0.3 is 0 Å². The monoisotopic (exact) mass is 514 g/mol. The number of nitrogens with zero attached hydrogens (tertiary/aromatic N) is 4. The van der Waals surface area contributed by atoms with Crippen LogP contribution in [0.4, 0.5) is 5.00 Å². The number of amidine groups is 2. The molecular weight excluding hydrogens is 480 g/mol. The zero-order valence-electron chi connectivity index (χ0n) is 21.0. The van der Waals surface area contributed by atoms with Crippen LogP contribution in [-0.2, 0) is 4.74 Å². The molecule has 1 atom stereocenters. The van der Waals surface area contributed by atoms with E-state index in [0.717, 1.165) is 73.2 Å². The van der Waals surface area contributed by atoms with Gasteiger partial charge in [0.2, 0.25) is 0 Å². The van der Waals surface area contributed by atoms with Gasteiger partial charge in [-0.2, -0.15) is 0 Å². The first-order valence-corrected chi connectivity index (χ1v) is 13.3. The van der Waals surface area contributed by atoms with E-state index in [1.54, 1.807) is 23.2 Å². The normalized spacial score (nSPS) is 19.0. The topological polar surface area (TPSA) is 79.0 Å². The molecule has 0 saturated carbocycles. The van der Waals surface area contributed by atoms with Crippen LogP contribution in [0, 0.1) is 24.7 Å². The maximum atomic E-state index is 9.12. The second kappa shape index (κ2) is 11.3. The van der Waals surface area contributed by atoms with Crippen LogP contribution in [0.5, 0.6) is 0 Å². The molecule has 7 nitrogen and oxygen atoms in total. The summed E-state index contributed by atoms with van der Waals surface area (Å²) < 4.78 is 5.45. The molecule has 0 aliphatic carbocycles. The lowest BCUT2D eigenvalue weighted by Gasteiger charge is -2.29. The molecule has 35 heavy (non-hydrogen) atoms. The smallest absolute Gasteiger partial charge is 0.133 e. The summed E-state index contributed by atoms with van der Waals surface area (Å²) in [5.41, 5.74) is 4.02. The van der Waals surface area contributed by atoms with Gasteiger partial charge in [0.15, 0.2) is 0 Å². The predicted molar refractivity (Wildman–Crippen MR) is 148 cm³/mol. The van der Waals surface area contributed by atoms with Gasteiger partial charge in [-0.15, -0.1) is 11.3 Å². The molecule has 0 unspecified atom stereocenters. The van der Waals surface area contributed by atoms with Crippen molar-refractivity contribution in [1.82, 2.24) is 9.80 Å². The van der Waals surface area contributed by atoms with E-state index in [9.17, 15) is 0 Å². The Bertz CT molecular complexity index is 1110. The van der Waals surface area contributed by atoms with Crippen LogP contribution in [0.3, 0.4) is 0 Å². The lowest BCUT2D eigenvalue weighted by atomic mass is 10.00. The number of hydrogen-bond acceptors (Lipinski definition) is 7. The number of rotatable bonds is 7. The maximum Gasteiger partial charge on any atom is 0.133 e. The SMILES string of the molecule is CC(=N)N1C(=N)[C@H](CN(C)CCCN2CCOCC2)N=C(c2ccc(Cl)cc2)c2c1sc(C)c2C. The van der Waals surface area contributed by atoms with Gasteiger partial charge in [-0.25, -0.2) is 0 Å². The van der Waals surface area contributed by atoms with E-state index in [4.69, 9.17) is 32.1 Å². The highest BCUT2D eigenvalue weighted by Crippen LogP contribution is 2.40. The number of ether oxygens (including phenoxy) is 1. The van der Waals surface area contributed by atoms with Crippen LogP contribution in [-0.4, -0.2) is 86.2 Å². The van der Waals surface area contributed by atoms with Crippen molar-refractivity contribution in [2.24, 2.45) is 4.99 Å². The highest BCUT2D eigenvalue weighted by Gasteiger charge is 2.34. The fourth-order valence-electron chi connectivity index (χ4n) is 4.65. The summed E-state index contributed by atoms with van der Waals surface area (Å²) in [5, 5.41) is 19.2. The predicted octanol–water partition coefficient (Wildman–Crippen LogP) is 4.67. The Kier molecular flexibility index (Phi) is 8.39. The van der Waals surface area contributed by atoms with E-state index in [1.807, 2.05) is 24.3 Å². The Morgan fingerprint density at radius 1 is 1.23 bits per heavy atom. The molecule has 1 fully saturated rings. The summed E-state index contributed by atoms with van der Waals surface area (Å²) in [6, 6.07) is 7.38. The standard InChI is InChI=1S/C26H35ClN6OS/c1-17-18(2)35-26-23(17)24(20-6-8-21(27)9-7-20)30-22(25(29)33(26)19(3)28)16-31(4)10-5-11-32-12-14-34-15-13-32/h6-9,22,28-29H,5,10-16H2,1-4H3/t22-/m0/s1. The molecule has 188 valence electrons. The molecule has 0 amide bonds. The second-order valence-electron chi connectivity index (χ2n) is 9.34. The third-order valence-electron chi connectivity index (χ3n) is 6.70. The highest BCUT2D eigenvalue weighted by atomic mass is 35.5. The Balaban J connectivity index is 1.62. The van der Waals surface area contributed by atoms with Crippen molar-refractivity contribution in [3.8, 4) is 0 Å². The number of anilines is 1. The van der Waals surface area contributed by atoms with Crippen LogP contribution < -0.4 is 4.90 Å². The van der Waals surface area contributed by atoms with Gasteiger partial charge in [0, 0.05) is 40.7 Å². The van der Waals surface area contributed by atoms with Gasteiger partial charge in [-0.05, 0) is 65.0 Å². The molecule has 0 bridgehead atoms. The van der Waals surface area contributed by atoms with Crippen LogP contribution >= 0.6 is 22.9 Å². The maximum absolute atomic E-state index is 9.12. The Labute approximate surface area is 217 Å². The molecule has 0 spiro atoms. The third-order valence-corrected chi connectivity index (χ3v) is 8.15. The number of aliphatic imine (C=N–C) groups is 1. The lowest BCUT2D eigenvalue weighted by molar-refractivity contribution is 0.0364. The summed E-state index contributed by atoms with van der Waals surface area (Å²) >= 11 is 7.81. The largest absolute Gasteiger partial charge is 0.379 e. The van der Waals surface area contributed by atoms with E-state index in [2.05, 4.69) is 30.7 Å². The van der Waals surface area contributed by atoms with Crippen molar-refractivity contribution in [2.45, 2.75) is 33.2 Å². The summed E-state index contributed by atoms with van der Waals surface area (Å²) in [6.45, 7) is 12.2. The molecule has 2 N–H and O–H groups in total. The van der Waals surface area contributed by atoms with Crippen LogP contribution in [0.1, 0.15) is 34.9 Å². The number of thiophene rings is 1. The van der Waals surface area contributed by atoms with Gasteiger partial charge in [0.1, 0.15) is 22.7 Å². The first-order valence-electron chi connectivity index (χ1n) is 12.1. The fraction of sp³-hybridized carbons (Fsp3) is 0.500. The number of nitrogens with one attached hydrogen (secondary N) is 2. The minimum atomic E-state index is -0.381. The van der Waals surface area contributed by atoms with Gasteiger partial charge in [0.25, 0.3) is 0 Å².